The number of carbonyl (C=O) groups is 1. The molecule has 1 unspecified atom stereocenters. The maximum Gasteiger partial charge on any atom is 0.159 e. The Morgan fingerprint density at radius 2 is 1.61 bits per heavy atom. The van der Waals surface area contributed by atoms with E-state index in [0.717, 1.165) is 12.0 Å². The van der Waals surface area contributed by atoms with E-state index < -0.39 is 0 Å². The normalized spacial score (nSPS) is 13.5. The molecular weight excluding hydrogens is 451 g/mol. The molecule has 1 atom stereocenters. The Hall–Kier alpha value is -2.92. The van der Waals surface area contributed by atoms with Gasteiger partial charge in [-0.15, -0.1) is 0 Å². The van der Waals surface area contributed by atoms with Gasteiger partial charge in [-0.25, -0.2) is 14.4 Å². The van der Waals surface area contributed by atoms with E-state index in [2.05, 4.69) is 29.9 Å². The number of ketones is 1. The Bertz CT molecular complexity index is 1070. The van der Waals surface area contributed by atoms with Crippen LogP contribution >= 0.6 is 0 Å². The van der Waals surface area contributed by atoms with Gasteiger partial charge >= 0.3 is 0 Å². The monoisotopic (exact) mass is 494 g/mol. The van der Waals surface area contributed by atoms with Crippen molar-refractivity contribution >= 4 is 5.78 Å². The van der Waals surface area contributed by atoms with Crippen LogP contribution in [0.1, 0.15) is 94.5 Å². The predicted molar refractivity (Wildman–Crippen MR) is 148 cm³/mol. The summed E-state index contributed by atoms with van der Waals surface area (Å²) in [6, 6.07) is 12.8. The zero-order valence-electron chi connectivity index (χ0n) is 23.2. The van der Waals surface area contributed by atoms with E-state index >= 15 is 0 Å². The fourth-order valence-electron chi connectivity index (χ4n) is 3.67. The van der Waals surface area contributed by atoms with Gasteiger partial charge in [0.05, 0.1) is 6.10 Å². The predicted octanol–water partition coefficient (Wildman–Crippen LogP) is 8.03. The molecule has 0 amide bonds. The summed E-state index contributed by atoms with van der Waals surface area (Å²) < 4.78 is 13.3. The number of Topliss-reactive ketones (excluding diaryl/α,β-unsaturated/α-hetero) is 1. The highest BCUT2D eigenvalue weighted by molar-refractivity contribution is 5.94. The summed E-state index contributed by atoms with van der Waals surface area (Å²) in [6.45, 7) is 15.5. The molecule has 3 aromatic rings. The molecular formula is C31H43FN2O2. The molecule has 1 fully saturated rings. The molecule has 5 heteroatoms. The number of aliphatic hydroxyl groups is 1. The average molecular weight is 495 g/mol. The summed E-state index contributed by atoms with van der Waals surface area (Å²) in [5.74, 6) is 0.594. The van der Waals surface area contributed by atoms with Gasteiger partial charge in [0, 0.05) is 29.1 Å². The fraction of sp³-hybridized carbons (Fsp3) is 0.452. The second-order valence-electron chi connectivity index (χ2n) is 8.98. The van der Waals surface area contributed by atoms with Gasteiger partial charge in [-0.2, -0.15) is 0 Å². The molecule has 0 radical (unpaired) electrons. The van der Waals surface area contributed by atoms with Crippen LogP contribution in [0.4, 0.5) is 4.39 Å². The van der Waals surface area contributed by atoms with Gasteiger partial charge in [-0.1, -0.05) is 58.0 Å². The van der Waals surface area contributed by atoms with Crippen LogP contribution in [-0.2, 0) is 5.41 Å². The van der Waals surface area contributed by atoms with Gasteiger partial charge in [0.15, 0.2) is 5.78 Å². The smallest absolute Gasteiger partial charge is 0.159 e. The van der Waals surface area contributed by atoms with E-state index in [-0.39, 0.29) is 17.7 Å². The lowest BCUT2D eigenvalue weighted by Crippen LogP contribution is -2.07. The minimum absolute atomic E-state index is 0.116. The van der Waals surface area contributed by atoms with Gasteiger partial charge in [0.25, 0.3) is 0 Å². The molecule has 1 heterocycles. The first-order valence-corrected chi connectivity index (χ1v) is 13.0. The summed E-state index contributed by atoms with van der Waals surface area (Å²) in [4.78, 5) is 19.3. The molecule has 1 aromatic heterocycles. The molecule has 0 aliphatic heterocycles. The molecule has 1 aliphatic rings. The van der Waals surface area contributed by atoms with Gasteiger partial charge in [-0.05, 0) is 82.1 Å². The minimum atomic E-state index is -0.250. The first-order valence-electron chi connectivity index (χ1n) is 13.0. The number of hydrogen-bond donors (Lipinski definition) is 1. The van der Waals surface area contributed by atoms with Crippen LogP contribution in [0, 0.1) is 19.7 Å². The van der Waals surface area contributed by atoms with E-state index in [1.807, 2.05) is 32.9 Å². The molecule has 4 nitrogen and oxygen atoms in total. The molecule has 4 rings (SSSR count). The highest BCUT2D eigenvalue weighted by atomic mass is 19.1. The fourth-order valence-corrected chi connectivity index (χ4v) is 3.67. The standard InChI is InChI=1S/C14H18O.C11H9FN2.C4H10O.C2H6/c1-4-14(7-8-14)13-6-5-12(11(3)15)9-10(13)2;1-8-13-6-9(7-14-8)10-4-2-3-5-11(10)12;1-3-4(2)5;1-2/h5-6,9H,4,7-8H2,1-3H3;2-7H,1H3;4-5H,3H2,1-2H3;1-2H3. The zero-order chi connectivity index (χ0) is 27.3. The van der Waals surface area contributed by atoms with Crippen LogP contribution in [0.25, 0.3) is 11.1 Å². The number of aryl methyl sites for hydroxylation is 2. The largest absolute Gasteiger partial charge is 0.393 e. The van der Waals surface area contributed by atoms with E-state index in [1.54, 1.807) is 51.4 Å². The van der Waals surface area contributed by atoms with Crippen molar-refractivity contribution < 1.29 is 14.3 Å². The maximum atomic E-state index is 13.3. The first kappa shape index (κ1) is 31.1. The van der Waals surface area contributed by atoms with Gasteiger partial charge in [-0.3, -0.25) is 4.79 Å². The number of aromatic nitrogens is 2. The number of carbonyl (C=O) groups excluding carboxylic acids is 1. The molecule has 1 N–H and O–H groups in total. The molecule has 1 saturated carbocycles. The highest BCUT2D eigenvalue weighted by Gasteiger charge is 2.43. The quantitative estimate of drug-likeness (QED) is 0.365. The lowest BCUT2D eigenvalue weighted by Gasteiger charge is -2.16. The molecule has 0 bridgehead atoms. The van der Waals surface area contributed by atoms with E-state index in [1.165, 1.54) is 36.5 Å². The van der Waals surface area contributed by atoms with Crippen LogP contribution in [0.15, 0.2) is 54.9 Å². The topological polar surface area (TPSA) is 63.1 Å². The summed E-state index contributed by atoms with van der Waals surface area (Å²) in [6.07, 6.45) is 7.83. The Balaban J connectivity index is 0.000000288. The molecule has 0 spiro atoms. The van der Waals surface area contributed by atoms with Crippen LogP contribution in [0.5, 0.6) is 0 Å². The van der Waals surface area contributed by atoms with Crippen LogP contribution < -0.4 is 0 Å². The van der Waals surface area contributed by atoms with Crippen molar-refractivity contribution in [1.29, 1.82) is 0 Å². The third-order valence-electron chi connectivity index (χ3n) is 6.29. The third-order valence-corrected chi connectivity index (χ3v) is 6.29. The highest BCUT2D eigenvalue weighted by Crippen LogP contribution is 2.51. The summed E-state index contributed by atoms with van der Waals surface area (Å²) in [5, 5.41) is 8.36. The average Bonchev–Trinajstić information content (AvgIpc) is 3.68. The summed E-state index contributed by atoms with van der Waals surface area (Å²) in [7, 11) is 0. The lowest BCUT2D eigenvalue weighted by atomic mass is 9.88. The van der Waals surface area contributed by atoms with Crippen LogP contribution in [0.3, 0.4) is 0 Å². The van der Waals surface area contributed by atoms with Crippen molar-refractivity contribution in [1.82, 2.24) is 9.97 Å². The van der Waals surface area contributed by atoms with Gasteiger partial charge in [0.1, 0.15) is 11.6 Å². The van der Waals surface area contributed by atoms with Gasteiger partial charge < -0.3 is 5.11 Å². The Morgan fingerprint density at radius 1 is 1.06 bits per heavy atom. The van der Waals surface area contributed by atoms with Crippen molar-refractivity contribution in [2.45, 2.75) is 92.6 Å². The van der Waals surface area contributed by atoms with Crippen molar-refractivity contribution in [3.05, 3.63) is 83.2 Å². The number of aliphatic hydroxyl groups excluding tert-OH is 1. The van der Waals surface area contributed by atoms with E-state index in [0.29, 0.717) is 22.4 Å². The Kier molecular flexibility index (Phi) is 13.2. The number of halogens is 1. The van der Waals surface area contributed by atoms with Crippen LogP contribution in [-0.4, -0.2) is 27.0 Å². The maximum absolute atomic E-state index is 13.3. The summed E-state index contributed by atoms with van der Waals surface area (Å²) in [5.41, 5.74) is 5.25. The lowest BCUT2D eigenvalue weighted by molar-refractivity contribution is 0.101. The molecule has 36 heavy (non-hydrogen) atoms. The zero-order valence-corrected chi connectivity index (χ0v) is 23.2. The number of hydrogen-bond acceptors (Lipinski definition) is 4. The Labute approximate surface area is 217 Å². The van der Waals surface area contributed by atoms with Crippen molar-refractivity contribution in [3.8, 4) is 11.1 Å². The molecule has 1 aliphatic carbocycles. The molecule has 196 valence electrons. The second kappa shape index (κ2) is 15.2. The van der Waals surface area contributed by atoms with E-state index in [9.17, 15) is 9.18 Å². The first-order chi connectivity index (χ1) is 17.1. The second-order valence-corrected chi connectivity index (χ2v) is 8.98. The number of rotatable bonds is 5. The van der Waals surface area contributed by atoms with Crippen molar-refractivity contribution in [2.24, 2.45) is 0 Å². The van der Waals surface area contributed by atoms with Crippen molar-refractivity contribution in [3.63, 3.8) is 0 Å². The summed E-state index contributed by atoms with van der Waals surface area (Å²) >= 11 is 0. The Morgan fingerprint density at radius 3 is 2.03 bits per heavy atom. The number of benzene rings is 2. The van der Waals surface area contributed by atoms with Gasteiger partial charge in [0.2, 0.25) is 0 Å². The SMILES string of the molecule is CC.CCC(C)O.CCC1(c2ccc(C(C)=O)cc2C)CC1.Cc1ncc(-c2ccccc2F)cn1. The molecule has 0 saturated heterocycles. The van der Waals surface area contributed by atoms with Crippen molar-refractivity contribution in [2.75, 3.05) is 0 Å². The minimum Gasteiger partial charge on any atom is -0.393 e. The van der Waals surface area contributed by atoms with Crippen LogP contribution in [0.2, 0.25) is 0 Å². The number of nitrogens with zero attached hydrogens (tertiary/aromatic N) is 2. The molecule has 2 aromatic carbocycles. The third kappa shape index (κ3) is 9.27. The van der Waals surface area contributed by atoms with E-state index in [4.69, 9.17) is 5.11 Å².